The predicted octanol–water partition coefficient (Wildman–Crippen LogP) is 2.34. The third-order valence-electron chi connectivity index (χ3n) is 4.67. The largest absolute Gasteiger partial charge is 0.492 e. The lowest BCUT2D eigenvalue weighted by Crippen LogP contribution is -2.36. The Balaban J connectivity index is 1.38. The molecule has 0 unspecified atom stereocenters. The molecule has 2 aromatic rings. The van der Waals surface area contributed by atoms with Gasteiger partial charge >= 0.3 is 0 Å². The molecule has 1 fully saturated rings. The van der Waals surface area contributed by atoms with E-state index in [4.69, 9.17) is 14.7 Å². The van der Waals surface area contributed by atoms with E-state index in [2.05, 4.69) is 16.3 Å². The number of likely N-dealkylation sites (N-methyl/N-ethyl adjacent to an activating group) is 1. The molecule has 1 N–H and O–H groups in total. The maximum atomic E-state index is 12.3. The Labute approximate surface area is 171 Å². The second-order valence-electron chi connectivity index (χ2n) is 6.92. The van der Waals surface area contributed by atoms with Gasteiger partial charge in [-0.15, -0.1) is 0 Å². The number of rotatable bonds is 8. The molecule has 7 nitrogen and oxygen atoms in total. The first kappa shape index (κ1) is 20.6. The SMILES string of the molecule is CN(CCOc1ccc(C#N)cc1)CC(=O)Nc1ccc(N2CCOCC2)cc1. The van der Waals surface area contributed by atoms with Crippen molar-refractivity contribution in [2.45, 2.75) is 0 Å². The summed E-state index contributed by atoms with van der Waals surface area (Å²) in [6.07, 6.45) is 0. The van der Waals surface area contributed by atoms with E-state index in [9.17, 15) is 4.79 Å². The fourth-order valence-electron chi connectivity index (χ4n) is 3.05. The molecule has 0 aromatic heterocycles. The number of hydrogen-bond donors (Lipinski definition) is 1. The topological polar surface area (TPSA) is 77.8 Å². The summed E-state index contributed by atoms with van der Waals surface area (Å²) in [6.45, 7) is 4.64. The van der Waals surface area contributed by atoms with Gasteiger partial charge in [0.1, 0.15) is 12.4 Å². The number of carbonyl (C=O) groups excluding carboxylic acids is 1. The van der Waals surface area contributed by atoms with Crippen LogP contribution in [0.1, 0.15) is 5.56 Å². The van der Waals surface area contributed by atoms with Crippen LogP contribution in [-0.2, 0) is 9.53 Å². The number of nitrogens with one attached hydrogen (secondary N) is 1. The summed E-state index contributed by atoms with van der Waals surface area (Å²) in [6, 6.07) is 17.0. The zero-order valence-electron chi connectivity index (χ0n) is 16.6. The van der Waals surface area contributed by atoms with Crippen molar-refractivity contribution in [3.05, 3.63) is 54.1 Å². The molecule has 1 aliphatic heterocycles. The molecule has 1 aliphatic rings. The lowest BCUT2D eigenvalue weighted by Gasteiger charge is -2.28. The summed E-state index contributed by atoms with van der Waals surface area (Å²) < 4.78 is 11.0. The van der Waals surface area contributed by atoms with Crippen LogP contribution in [0.4, 0.5) is 11.4 Å². The smallest absolute Gasteiger partial charge is 0.238 e. The highest BCUT2D eigenvalue weighted by molar-refractivity contribution is 5.92. The van der Waals surface area contributed by atoms with E-state index >= 15 is 0 Å². The number of nitrogens with zero attached hydrogens (tertiary/aromatic N) is 3. The van der Waals surface area contributed by atoms with Gasteiger partial charge in [-0.3, -0.25) is 9.69 Å². The van der Waals surface area contributed by atoms with E-state index in [-0.39, 0.29) is 12.5 Å². The average molecular weight is 394 g/mol. The Morgan fingerprint density at radius 2 is 1.86 bits per heavy atom. The molecule has 0 radical (unpaired) electrons. The minimum absolute atomic E-state index is 0.0648. The van der Waals surface area contributed by atoms with Crippen molar-refractivity contribution in [1.29, 1.82) is 5.26 Å². The Hall–Kier alpha value is -3.08. The lowest BCUT2D eigenvalue weighted by molar-refractivity contribution is -0.117. The van der Waals surface area contributed by atoms with Crippen molar-refractivity contribution in [3.8, 4) is 11.8 Å². The van der Waals surface area contributed by atoms with E-state index in [1.807, 2.05) is 36.2 Å². The molecule has 3 rings (SSSR count). The quantitative estimate of drug-likeness (QED) is 0.741. The standard InChI is InChI=1S/C22H26N4O3/c1-25(10-15-29-21-8-2-18(16-23)3-9-21)17-22(27)24-19-4-6-20(7-5-19)26-11-13-28-14-12-26/h2-9H,10-15,17H2,1H3,(H,24,27). The first-order valence-corrected chi connectivity index (χ1v) is 9.68. The summed E-state index contributed by atoms with van der Waals surface area (Å²) in [7, 11) is 1.88. The van der Waals surface area contributed by atoms with E-state index in [1.54, 1.807) is 24.3 Å². The van der Waals surface area contributed by atoms with E-state index in [1.165, 1.54) is 0 Å². The summed E-state index contributed by atoms with van der Waals surface area (Å²) >= 11 is 0. The highest BCUT2D eigenvalue weighted by Crippen LogP contribution is 2.19. The molecule has 1 amide bonds. The van der Waals surface area contributed by atoms with Crippen LogP contribution >= 0.6 is 0 Å². The second-order valence-corrected chi connectivity index (χ2v) is 6.92. The number of morpholine rings is 1. The van der Waals surface area contributed by atoms with Crippen molar-refractivity contribution in [3.63, 3.8) is 0 Å². The van der Waals surface area contributed by atoms with Gasteiger partial charge in [0.2, 0.25) is 5.91 Å². The van der Waals surface area contributed by atoms with Crippen molar-refractivity contribution in [2.24, 2.45) is 0 Å². The molecule has 0 atom stereocenters. The van der Waals surface area contributed by atoms with E-state index < -0.39 is 0 Å². The third kappa shape index (κ3) is 6.49. The molecule has 0 saturated carbocycles. The van der Waals surface area contributed by atoms with Crippen LogP contribution in [0.2, 0.25) is 0 Å². The van der Waals surface area contributed by atoms with Gasteiger partial charge in [-0.25, -0.2) is 0 Å². The minimum Gasteiger partial charge on any atom is -0.492 e. The molecular weight excluding hydrogens is 368 g/mol. The molecule has 1 saturated heterocycles. The number of hydrogen-bond acceptors (Lipinski definition) is 6. The second kappa shape index (κ2) is 10.5. The molecule has 2 aromatic carbocycles. The van der Waals surface area contributed by atoms with Gasteiger partial charge < -0.3 is 19.7 Å². The highest BCUT2D eigenvalue weighted by Gasteiger charge is 2.12. The molecule has 0 aliphatic carbocycles. The first-order valence-electron chi connectivity index (χ1n) is 9.68. The third-order valence-corrected chi connectivity index (χ3v) is 4.67. The van der Waals surface area contributed by atoms with Gasteiger partial charge in [-0.05, 0) is 55.6 Å². The summed E-state index contributed by atoms with van der Waals surface area (Å²) in [4.78, 5) is 16.4. The Morgan fingerprint density at radius 1 is 1.17 bits per heavy atom. The molecule has 0 spiro atoms. The molecule has 1 heterocycles. The number of ether oxygens (including phenoxy) is 2. The van der Waals surface area contributed by atoms with Crippen molar-refractivity contribution < 1.29 is 14.3 Å². The predicted molar refractivity (Wildman–Crippen MR) is 112 cm³/mol. The maximum absolute atomic E-state index is 12.3. The fraction of sp³-hybridized carbons (Fsp3) is 0.364. The highest BCUT2D eigenvalue weighted by atomic mass is 16.5. The number of carbonyl (C=O) groups is 1. The van der Waals surface area contributed by atoms with Gasteiger partial charge in [-0.1, -0.05) is 0 Å². The fourth-order valence-corrected chi connectivity index (χ4v) is 3.05. The van der Waals surface area contributed by atoms with Crippen molar-refractivity contribution >= 4 is 17.3 Å². The minimum atomic E-state index is -0.0648. The summed E-state index contributed by atoms with van der Waals surface area (Å²) in [5, 5.41) is 11.7. The molecule has 152 valence electrons. The van der Waals surface area contributed by atoms with Gasteiger partial charge in [0, 0.05) is 31.0 Å². The summed E-state index contributed by atoms with van der Waals surface area (Å²) in [5.41, 5.74) is 2.53. The number of amides is 1. The number of nitriles is 1. The normalized spacial score (nSPS) is 13.8. The first-order chi connectivity index (χ1) is 14.1. The van der Waals surface area contributed by atoms with Crippen LogP contribution in [0.5, 0.6) is 5.75 Å². The van der Waals surface area contributed by atoms with Crippen LogP contribution in [0.25, 0.3) is 0 Å². The van der Waals surface area contributed by atoms with Crippen LogP contribution in [0.15, 0.2) is 48.5 Å². The molecule has 29 heavy (non-hydrogen) atoms. The van der Waals surface area contributed by atoms with Crippen molar-refractivity contribution in [2.75, 3.05) is 63.3 Å². The molecule has 7 heteroatoms. The zero-order valence-corrected chi connectivity index (χ0v) is 16.6. The van der Waals surface area contributed by atoms with Crippen LogP contribution < -0.4 is 15.0 Å². The Bertz CT molecular complexity index is 825. The van der Waals surface area contributed by atoms with Gasteiger partial charge in [0.15, 0.2) is 0 Å². The van der Waals surface area contributed by atoms with Gasteiger partial charge in [0.25, 0.3) is 0 Å². The van der Waals surface area contributed by atoms with Gasteiger partial charge in [-0.2, -0.15) is 5.26 Å². The Morgan fingerprint density at radius 3 is 2.52 bits per heavy atom. The van der Waals surface area contributed by atoms with Crippen molar-refractivity contribution in [1.82, 2.24) is 4.90 Å². The van der Waals surface area contributed by atoms with Crippen LogP contribution in [-0.4, -0.2) is 63.9 Å². The zero-order chi connectivity index (χ0) is 20.5. The van der Waals surface area contributed by atoms with Crippen LogP contribution in [0.3, 0.4) is 0 Å². The average Bonchev–Trinajstić information content (AvgIpc) is 2.75. The number of anilines is 2. The Kier molecular flexibility index (Phi) is 7.45. The van der Waals surface area contributed by atoms with E-state index in [0.29, 0.717) is 24.5 Å². The molecule has 0 bridgehead atoms. The monoisotopic (exact) mass is 394 g/mol. The van der Waals surface area contributed by atoms with Crippen LogP contribution in [0, 0.1) is 11.3 Å². The lowest BCUT2D eigenvalue weighted by atomic mass is 10.2. The van der Waals surface area contributed by atoms with Gasteiger partial charge in [0.05, 0.1) is 31.4 Å². The molecular formula is C22H26N4O3. The summed E-state index contributed by atoms with van der Waals surface area (Å²) in [5.74, 6) is 0.646. The van der Waals surface area contributed by atoms with E-state index in [0.717, 1.165) is 37.7 Å². The number of benzene rings is 2. The maximum Gasteiger partial charge on any atom is 0.238 e.